The van der Waals surface area contributed by atoms with E-state index in [0.29, 0.717) is 24.0 Å². The number of sulfonamides is 1. The average molecular weight is 402 g/mol. The molecule has 1 heterocycles. The van der Waals surface area contributed by atoms with Crippen molar-refractivity contribution >= 4 is 38.4 Å². The van der Waals surface area contributed by atoms with Crippen LogP contribution in [-0.2, 0) is 10.0 Å². The highest BCUT2D eigenvalue weighted by atomic mass is 79.9. The Labute approximate surface area is 139 Å². The van der Waals surface area contributed by atoms with Crippen molar-refractivity contribution in [2.24, 2.45) is 0 Å². The van der Waals surface area contributed by atoms with Gasteiger partial charge in [-0.2, -0.15) is 4.31 Å². The zero-order chi connectivity index (χ0) is 14.8. The van der Waals surface area contributed by atoms with E-state index in [9.17, 15) is 12.8 Å². The van der Waals surface area contributed by atoms with Crippen molar-refractivity contribution in [3.63, 3.8) is 0 Å². The topological polar surface area (TPSA) is 49.4 Å². The molecular formula is C13H19BrClFN2O2S. The van der Waals surface area contributed by atoms with Crippen LogP contribution in [0.3, 0.4) is 0 Å². The lowest BCUT2D eigenvalue weighted by Crippen LogP contribution is -2.42. The predicted octanol–water partition coefficient (Wildman–Crippen LogP) is 2.77. The van der Waals surface area contributed by atoms with Gasteiger partial charge in [-0.15, -0.1) is 12.4 Å². The Morgan fingerprint density at radius 2 is 2.19 bits per heavy atom. The third-order valence-corrected chi connectivity index (χ3v) is 5.83. The summed E-state index contributed by atoms with van der Waals surface area (Å²) >= 11 is 3.20. The maximum Gasteiger partial charge on any atom is 0.246 e. The van der Waals surface area contributed by atoms with E-state index in [1.807, 2.05) is 6.92 Å². The fourth-order valence-corrected chi connectivity index (χ4v) is 4.76. The van der Waals surface area contributed by atoms with Crippen LogP contribution in [0.5, 0.6) is 0 Å². The molecule has 8 heteroatoms. The van der Waals surface area contributed by atoms with Gasteiger partial charge in [0.15, 0.2) is 0 Å². The molecule has 1 atom stereocenters. The van der Waals surface area contributed by atoms with Gasteiger partial charge in [-0.3, -0.25) is 0 Å². The van der Waals surface area contributed by atoms with Gasteiger partial charge in [0.2, 0.25) is 10.0 Å². The summed E-state index contributed by atoms with van der Waals surface area (Å²) in [5.41, 5.74) is 0. The number of benzene rings is 1. The van der Waals surface area contributed by atoms with Crippen LogP contribution < -0.4 is 5.32 Å². The minimum atomic E-state index is -3.81. The normalized spacial score (nSPS) is 18.8. The van der Waals surface area contributed by atoms with Gasteiger partial charge in [-0.1, -0.05) is 22.9 Å². The van der Waals surface area contributed by atoms with Crippen molar-refractivity contribution in [3.05, 3.63) is 28.5 Å². The second-order valence-corrected chi connectivity index (χ2v) is 7.61. The van der Waals surface area contributed by atoms with Crippen molar-refractivity contribution in [1.29, 1.82) is 0 Å². The molecule has 0 amide bonds. The highest BCUT2D eigenvalue weighted by Crippen LogP contribution is 2.26. The molecule has 1 aliphatic heterocycles. The van der Waals surface area contributed by atoms with E-state index in [1.165, 1.54) is 22.5 Å². The molecule has 0 aromatic heterocycles. The molecule has 1 N–H and O–H groups in total. The van der Waals surface area contributed by atoms with E-state index in [-0.39, 0.29) is 23.3 Å². The molecule has 2 rings (SSSR count). The number of nitrogens with zero attached hydrogens (tertiary/aromatic N) is 1. The zero-order valence-corrected chi connectivity index (χ0v) is 14.9. The summed E-state index contributed by atoms with van der Waals surface area (Å²) in [6, 6.07) is 3.90. The first-order chi connectivity index (χ1) is 9.46. The largest absolute Gasteiger partial charge is 0.315 e. The van der Waals surface area contributed by atoms with Gasteiger partial charge in [-0.05, 0) is 37.6 Å². The van der Waals surface area contributed by atoms with Gasteiger partial charge in [-0.25, -0.2) is 12.8 Å². The number of hydrogen-bond acceptors (Lipinski definition) is 3. The third kappa shape index (κ3) is 4.16. The Bertz CT molecular complexity index is 580. The van der Waals surface area contributed by atoms with Crippen LogP contribution in [0.4, 0.5) is 4.39 Å². The summed E-state index contributed by atoms with van der Waals surface area (Å²) in [6.07, 6.45) is 1.46. The van der Waals surface area contributed by atoms with Gasteiger partial charge >= 0.3 is 0 Å². The summed E-state index contributed by atoms with van der Waals surface area (Å²) in [7, 11) is -3.81. The molecule has 0 aliphatic carbocycles. The molecule has 0 saturated carbocycles. The molecule has 4 nitrogen and oxygen atoms in total. The molecule has 120 valence electrons. The monoisotopic (exact) mass is 400 g/mol. The Hall–Kier alpha value is -0.210. The summed E-state index contributed by atoms with van der Waals surface area (Å²) in [4.78, 5) is -0.257. The van der Waals surface area contributed by atoms with Crippen LogP contribution >= 0.6 is 28.3 Å². The maximum absolute atomic E-state index is 13.9. The molecule has 0 spiro atoms. The fourth-order valence-electron chi connectivity index (χ4n) is 2.41. The van der Waals surface area contributed by atoms with E-state index in [4.69, 9.17) is 0 Å². The van der Waals surface area contributed by atoms with Crippen LogP contribution in [0.2, 0.25) is 0 Å². The molecule has 0 radical (unpaired) electrons. The van der Waals surface area contributed by atoms with E-state index >= 15 is 0 Å². The van der Waals surface area contributed by atoms with Crippen molar-refractivity contribution < 1.29 is 12.8 Å². The Morgan fingerprint density at radius 3 is 2.76 bits per heavy atom. The SMILES string of the molecule is CCCN(C1CCNC1)S(=O)(=O)c1cc(Br)ccc1F.Cl. The summed E-state index contributed by atoms with van der Waals surface area (Å²) in [5, 5.41) is 3.15. The number of halogens is 3. The Morgan fingerprint density at radius 1 is 1.48 bits per heavy atom. The first-order valence-electron chi connectivity index (χ1n) is 6.64. The van der Waals surface area contributed by atoms with Gasteiger partial charge in [0, 0.05) is 23.6 Å². The number of hydrogen-bond donors (Lipinski definition) is 1. The number of rotatable bonds is 5. The minimum absolute atomic E-state index is 0. The van der Waals surface area contributed by atoms with E-state index in [0.717, 1.165) is 13.0 Å². The summed E-state index contributed by atoms with van der Waals surface area (Å²) in [5.74, 6) is -0.708. The first-order valence-corrected chi connectivity index (χ1v) is 8.87. The van der Waals surface area contributed by atoms with Gasteiger partial charge < -0.3 is 5.32 Å². The van der Waals surface area contributed by atoms with Gasteiger partial charge in [0.1, 0.15) is 10.7 Å². The second-order valence-electron chi connectivity index (χ2n) is 4.84. The molecule has 1 saturated heterocycles. The molecule has 1 aliphatic rings. The van der Waals surface area contributed by atoms with Crippen molar-refractivity contribution in [2.45, 2.75) is 30.7 Å². The summed E-state index contributed by atoms with van der Waals surface area (Å²) in [6.45, 7) is 3.74. The Kier molecular flexibility index (Phi) is 7.06. The van der Waals surface area contributed by atoms with E-state index in [2.05, 4.69) is 21.2 Å². The van der Waals surface area contributed by atoms with Crippen molar-refractivity contribution in [2.75, 3.05) is 19.6 Å². The highest BCUT2D eigenvalue weighted by molar-refractivity contribution is 9.10. The van der Waals surface area contributed by atoms with Crippen LogP contribution in [0.25, 0.3) is 0 Å². The van der Waals surface area contributed by atoms with Crippen LogP contribution in [0.1, 0.15) is 19.8 Å². The van der Waals surface area contributed by atoms with Crippen molar-refractivity contribution in [1.82, 2.24) is 9.62 Å². The average Bonchev–Trinajstić information content (AvgIpc) is 2.92. The molecule has 1 unspecified atom stereocenters. The Balaban J connectivity index is 0.00000220. The standard InChI is InChI=1S/C13H18BrFN2O2S.ClH/c1-2-7-17(11-5-6-16-9-11)20(18,19)13-8-10(14)3-4-12(13)15;/h3-4,8,11,16H,2,5-7,9H2,1H3;1H. The van der Waals surface area contributed by atoms with E-state index < -0.39 is 15.8 Å². The van der Waals surface area contributed by atoms with Gasteiger partial charge in [0.25, 0.3) is 0 Å². The molecule has 21 heavy (non-hydrogen) atoms. The maximum atomic E-state index is 13.9. The second kappa shape index (κ2) is 7.87. The van der Waals surface area contributed by atoms with E-state index in [1.54, 1.807) is 0 Å². The first kappa shape index (κ1) is 18.8. The lowest BCUT2D eigenvalue weighted by Gasteiger charge is -2.27. The van der Waals surface area contributed by atoms with Crippen molar-refractivity contribution in [3.8, 4) is 0 Å². The van der Waals surface area contributed by atoms with Crippen LogP contribution in [-0.4, -0.2) is 38.4 Å². The highest BCUT2D eigenvalue weighted by Gasteiger charge is 2.34. The van der Waals surface area contributed by atoms with Gasteiger partial charge in [0.05, 0.1) is 0 Å². The molecule has 1 aromatic rings. The lowest BCUT2D eigenvalue weighted by atomic mass is 10.2. The number of nitrogens with one attached hydrogen (secondary N) is 1. The minimum Gasteiger partial charge on any atom is -0.315 e. The lowest BCUT2D eigenvalue weighted by molar-refractivity contribution is 0.333. The third-order valence-electron chi connectivity index (χ3n) is 3.37. The fraction of sp³-hybridized carbons (Fsp3) is 0.538. The molecule has 0 bridgehead atoms. The smallest absolute Gasteiger partial charge is 0.246 e. The molecule has 1 fully saturated rings. The molecule has 1 aromatic carbocycles. The van der Waals surface area contributed by atoms with Crippen LogP contribution in [0.15, 0.2) is 27.6 Å². The molecular weight excluding hydrogens is 383 g/mol. The quantitative estimate of drug-likeness (QED) is 0.825. The predicted molar refractivity (Wildman–Crippen MR) is 86.8 cm³/mol. The zero-order valence-electron chi connectivity index (χ0n) is 11.7. The summed E-state index contributed by atoms with van der Waals surface area (Å²) < 4.78 is 41.3. The van der Waals surface area contributed by atoms with Crippen LogP contribution in [0, 0.1) is 5.82 Å².